The number of hydrogen-bond acceptors (Lipinski definition) is 6. The number of ether oxygens (including phenoxy) is 3. The van der Waals surface area contributed by atoms with Gasteiger partial charge in [-0.1, -0.05) is 6.07 Å². The van der Waals surface area contributed by atoms with E-state index in [0.29, 0.717) is 31.1 Å². The summed E-state index contributed by atoms with van der Waals surface area (Å²) in [6.07, 6.45) is 0.732. The Labute approximate surface area is 165 Å². The van der Waals surface area contributed by atoms with Crippen LogP contribution in [0.2, 0.25) is 0 Å². The van der Waals surface area contributed by atoms with E-state index >= 15 is 0 Å². The lowest BCUT2D eigenvalue weighted by Crippen LogP contribution is -2.38. The van der Waals surface area contributed by atoms with Crippen LogP contribution in [0, 0.1) is 5.92 Å². The summed E-state index contributed by atoms with van der Waals surface area (Å²) in [5.41, 5.74) is 1.02. The molecule has 1 aromatic rings. The maximum atomic E-state index is 12.0. The van der Waals surface area contributed by atoms with Gasteiger partial charge in [0.25, 0.3) is 0 Å². The van der Waals surface area contributed by atoms with Crippen molar-refractivity contribution in [3.8, 4) is 11.5 Å². The van der Waals surface area contributed by atoms with Crippen molar-refractivity contribution in [1.29, 1.82) is 0 Å². The number of carbonyl (C=O) groups excluding carboxylic acids is 1. The van der Waals surface area contributed by atoms with Crippen molar-refractivity contribution in [3.63, 3.8) is 0 Å². The summed E-state index contributed by atoms with van der Waals surface area (Å²) in [7, 11) is 1.61. The third-order valence-electron chi connectivity index (χ3n) is 5.23. The van der Waals surface area contributed by atoms with Crippen molar-refractivity contribution in [1.82, 2.24) is 9.80 Å². The number of nitrogens with zero attached hydrogens (tertiary/aromatic N) is 2. The number of likely N-dealkylation sites (tertiary alicyclic amines) is 1. The third kappa shape index (κ3) is 5.36. The zero-order chi connectivity index (χ0) is 19.9. The molecule has 1 atom stereocenters. The average molecular weight is 392 g/mol. The van der Waals surface area contributed by atoms with Crippen molar-refractivity contribution in [2.45, 2.75) is 12.8 Å². The molecule has 154 valence electrons. The standard InChI is InChI=1S/C20H28N2O6/c1-26-17-3-2-15(4-5-22-14-16(20(24)25)13-19(22)23)12-18(17)28-11-8-21-6-9-27-10-7-21/h2-3,12,16H,4-11,13-14H2,1H3,(H,24,25). The Hall–Kier alpha value is -2.32. The van der Waals surface area contributed by atoms with Gasteiger partial charge >= 0.3 is 5.97 Å². The fourth-order valence-electron chi connectivity index (χ4n) is 3.52. The first kappa shape index (κ1) is 20.4. The molecule has 0 aromatic heterocycles. The van der Waals surface area contributed by atoms with E-state index in [2.05, 4.69) is 4.90 Å². The van der Waals surface area contributed by atoms with E-state index in [1.54, 1.807) is 12.0 Å². The summed E-state index contributed by atoms with van der Waals surface area (Å²) in [5.74, 6) is -0.236. The molecular weight excluding hydrogens is 364 g/mol. The summed E-state index contributed by atoms with van der Waals surface area (Å²) >= 11 is 0. The highest BCUT2D eigenvalue weighted by atomic mass is 16.5. The van der Waals surface area contributed by atoms with Gasteiger partial charge in [0, 0.05) is 39.1 Å². The van der Waals surface area contributed by atoms with Gasteiger partial charge in [0.1, 0.15) is 6.61 Å². The summed E-state index contributed by atoms with van der Waals surface area (Å²) in [5, 5.41) is 9.09. The second kappa shape index (κ2) is 9.75. The molecule has 3 rings (SSSR count). The number of morpholine rings is 1. The van der Waals surface area contributed by atoms with Gasteiger partial charge in [0.05, 0.1) is 26.2 Å². The number of carboxylic acids is 1. The Morgan fingerprint density at radius 2 is 2.04 bits per heavy atom. The SMILES string of the molecule is COc1ccc(CCN2CC(C(=O)O)CC2=O)cc1OCCN1CCOCC1. The Bertz CT molecular complexity index is 689. The number of rotatable bonds is 9. The van der Waals surface area contributed by atoms with Crippen LogP contribution >= 0.6 is 0 Å². The highest BCUT2D eigenvalue weighted by molar-refractivity contribution is 5.86. The first-order chi connectivity index (χ1) is 13.6. The molecule has 8 heteroatoms. The van der Waals surface area contributed by atoms with Gasteiger partial charge in [0.15, 0.2) is 11.5 Å². The fourth-order valence-corrected chi connectivity index (χ4v) is 3.52. The number of methoxy groups -OCH3 is 1. The van der Waals surface area contributed by atoms with Crippen molar-refractivity contribution in [3.05, 3.63) is 23.8 Å². The maximum Gasteiger partial charge on any atom is 0.308 e. The van der Waals surface area contributed by atoms with Gasteiger partial charge in [-0.15, -0.1) is 0 Å². The lowest BCUT2D eigenvalue weighted by molar-refractivity contribution is -0.141. The van der Waals surface area contributed by atoms with E-state index in [0.717, 1.165) is 38.4 Å². The van der Waals surface area contributed by atoms with Crippen molar-refractivity contribution < 1.29 is 28.9 Å². The number of amides is 1. The van der Waals surface area contributed by atoms with E-state index in [1.807, 2.05) is 18.2 Å². The van der Waals surface area contributed by atoms with Gasteiger partial charge in [0.2, 0.25) is 5.91 Å². The molecule has 0 aliphatic carbocycles. The molecule has 1 amide bonds. The zero-order valence-corrected chi connectivity index (χ0v) is 16.3. The highest BCUT2D eigenvalue weighted by Gasteiger charge is 2.33. The van der Waals surface area contributed by atoms with Crippen molar-refractivity contribution >= 4 is 11.9 Å². The molecule has 8 nitrogen and oxygen atoms in total. The Balaban J connectivity index is 1.53. The number of hydrogen-bond donors (Lipinski definition) is 1. The normalized spacial score (nSPS) is 20.4. The van der Waals surface area contributed by atoms with Crippen LogP contribution in [-0.2, 0) is 20.7 Å². The molecule has 2 heterocycles. The van der Waals surface area contributed by atoms with E-state index in [1.165, 1.54) is 0 Å². The molecule has 2 aliphatic rings. The minimum Gasteiger partial charge on any atom is -0.493 e. The van der Waals surface area contributed by atoms with Crippen LogP contribution in [0.1, 0.15) is 12.0 Å². The van der Waals surface area contributed by atoms with E-state index < -0.39 is 11.9 Å². The lowest BCUT2D eigenvalue weighted by atomic mass is 10.1. The molecule has 1 unspecified atom stereocenters. The quantitative estimate of drug-likeness (QED) is 0.667. The van der Waals surface area contributed by atoms with E-state index in [-0.39, 0.29) is 18.9 Å². The monoisotopic (exact) mass is 392 g/mol. The highest BCUT2D eigenvalue weighted by Crippen LogP contribution is 2.28. The number of aliphatic carboxylic acids is 1. The van der Waals surface area contributed by atoms with Crippen LogP contribution in [0.15, 0.2) is 18.2 Å². The topological polar surface area (TPSA) is 88.5 Å². The van der Waals surface area contributed by atoms with E-state index in [4.69, 9.17) is 19.3 Å². The first-order valence-electron chi connectivity index (χ1n) is 9.67. The van der Waals surface area contributed by atoms with Crippen molar-refractivity contribution in [2.75, 3.05) is 59.7 Å². The Morgan fingerprint density at radius 3 is 2.71 bits per heavy atom. The molecule has 28 heavy (non-hydrogen) atoms. The minimum atomic E-state index is -0.906. The lowest BCUT2D eigenvalue weighted by Gasteiger charge is -2.26. The van der Waals surface area contributed by atoms with Crippen LogP contribution in [0.5, 0.6) is 11.5 Å². The number of benzene rings is 1. The molecule has 0 spiro atoms. The van der Waals surface area contributed by atoms with Crippen molar-refractivity contribution in [2.24, 2.45) is 5.92 Å². The molecule has 0 saturated carbocycles. The smallest absolute Gasteiger partial charge is 0.308 e. The largest absolute Gasteiger partial charge is 0.493 e. The Kier molecular flexibility index (Phi) is 7.11. The van der Waals surface area contributed by atoms with Gasteiger partial charge in [-0.25, -0.2) is 0 Å². The first-order valence-corrected chi connectivity index (χ1v) is 9.67. The third-order valence-corrected chi connectivity index (χ3v) is 5.23. The van der Waals surface area contributed by atoms with Gasteiger partial charge in [-0.3, -0.25) is 14.5 Å². The molecule has 0 bridgehead atoms. The summed E-state index contributed by atoms with van der Waals surface area (Å²) in [6, 6.07) is 5.75. The zero-order valence-electron chi connectivity index (χ0n) is 16.3. The van der Waals surface area contributed by atoms with Crippen LogP contribution in [0.3, 0.4) is 0 Å². The molecule has 0 radical (unpaired) electrons. The van der Waals surface area contributed by atoms with Crippen LogP contribution in [-0.4, -0.2) is 86.4 Å². The molecule has 1 N–H and O–H groups in total. The molecule has 2 fully saturated rings. The summed E-state index contributed by atoms with van der Waals surface area (Å²) in [4.78, 5) is 27.0. The van der Waals surface area contributed by atoms with Gasteiger partial charge < -0.3 is 24.2 Å². The van der Waals surface area contributed by atoms with Crippen LogP contribution in [0.4, 0.5) is 0 Å². The molecule has 1 aromatic carbocycles. The Morgan fingerprint density at radius 1 is 1.25 bits per heavy atom. The van der Waals surface area contributed by atoms with Crippen LogP contribution < -0.4 is 9.47 Å². The predicted molar refractivity (Wildman–Crippen MR) is 102 cm³/mol. The van der Waals surface area contributed by atoms with Crippen LogP contribution in [0.25, 0.3) is 0 Å². The fraction of sp³-hybridized carbons (Fsp3) is 0.600. The average Bonchev–Trinajstić information content (AvgIpc) is 3.08. The number of carboxylic acid groups (broad SMARTS) is 1. The maximum absolute atomic E-state index is 12.0. The number of carbonyl (C=O) groups is 2. The minimum absolute atomic E-state index is 0.0911. The molecule has 2 aliphatic heterocycles. The van der Waals surface area contributed by atoms with Gasteiger partial charge in [-0.05, 0) is 24.1 Å². The summed E-state index contributed by atoms with van der Waals surface area (Å²) in [6.45, 7) is 5.53. The summed E-state index contributed by atoms with van der Waals surface area (Å²) < 4.78 is 16.7. The molecule has 2 saturated heterocycles. The molecular formula is C20H28N2O6. The second-order valence-electron chi connectivity index (χ2n) is 7.12. The van der Waals surface area contributed by atoms with E-state index in [9.17, 15) is 9.59 Å². The second-order valence-corrected chi connectivity index (χ2v) is 7.12. The predicted octanol–water partition coefficient (Wildman–Crippen LogP) is 0.882. The van der Waals surface area contributed by atoms with Gasteiger partial charge in [-0.2, -0.15) is 0 Å².